The van der Waals surface area contributed by atoms with Crippen molar-refractivity contribution in [3.8, 4) is 5.75 Å². The highest BCUT2D eigenvalue weighted by atomic mass is 16.5. The van der Waals surface area contributed by atoms with E-state index in [1.807, 2.05) is 13.8 Å². The van der Waals surface area contributed by atoms with Crippen LogP contribution in [0.25, 0.3) is 0 Å². The van der Waals surface area contributed by atoms with Gasteiger partial charge in [-0.3, -0.25) is 0 Å². The van der Waals surface area contributed by atoms with Crippen LogP contribution in [0.2, 0.25) is 0 Å². The summed E-state index contributed by atoms with van der Waals surface area (Å²) in [5.41, 5.74) is 0.582. The van der Waals surface area contributed by atoms with E-state index in [1.54, 1.807) is 24.3 Å². The van der Waals surface area contributed by atoms with Gasteiger partial charge in [0.15, 0.2) is 6.61 Å². The molecular weight excluding hydrogens is 276 g/mol. The van der Waals surface area contributed by atoms with Gasteiger partial charge in [-0.25, -0.2) is 9.59 Å². The van der Waals surface area contributed by atoms with Gasteiger partial charge in [-0.1, -0.05) is 0 Å². The maximum atomic E-state index is 11.7. The largest absolute Gasteiger partial charge is 0.482 e. The maximum Gasteiger partial charge on any atom is 0.341 e. The summed E-state index contributed by atoms with van der Waals surface area (Å²) in [5, 5.41) is 13.9. The van der Waals surface area contributed by atoms with Crippen molar-refractivity contribution in [2.24, 2.45) is 0 Å². The number of benzene rings is 1. The lowest BCUT2D eigenvalue weighted by Crippen LogP contribution is -2.38. The Labute approximate surface area is 123 Å². The molecule has 0 aliphatic rings. The minimum Gasteiger partial charge on any atom is -0.482 e. The highest BCUT2D eigenvalue weighted by Gasteiger charge is 2.07. The van der Waals surface area contributed by atoms with Crippen molar-refractivity contribution in [3.63, 3.8) is 0 Å². The summed E-state index contributed by atoms with van der Waals surface area (Å²) in [7, 11) is 0. The number of carboxylic acids is 1. The average Bonchev–Trinajstić information content (AvgIpc) is 2.44. The van der Waals surface area contributed by atoms with Gasteiger partial charge >= 0.3 is 12.0 Å². The van der Waals surface area contributed by atoms with Crippen molar-refractivity contribution < 1.29 is 24.2 Å². The van der Waals surface area contributed by atoms with Gasteiger partial charge in [0.25, 0.3) is 0 Å². The molecule has 1 unspecified atom stereocenters. The molecule has 0 aliphatic carbocycles. The summed E-state index contributed by atoms with van der Waals surface area (Å²) in [4.78, 5) is 22.1. The highest BCUT2D eigenvalue weighted by molar-refractivity contribution is 5.89. The first-order valence-electron chi connectivity index (χ1n) is 6.61. The predicted octanol–water partition coefficient (Wildman–Crippen LogP) is 1.70. The molecule has 0 aliphatic heterocycles. The molecule has 1 atom stereocenters. The average molecular weight is 296 g/mol. The highest BCUT2D eigenvalue weighted by Crippen LogP contribution is 2.15. The summed E-state index contributed by atoms with van der Waals surface area (Å²) in [6.07, 6.45) is 0. The van der Waals surface area contributed by atoms with Gasteiger partial charge in [0.1, 0.15) is 5.75 Å². The van der Waals surface area contributed by atoms with Crippen LogP contribution in [-0.2, 0) is 9.53 Å². The molecule has 0 saturated carbocycles. The summed E-state index contributed by atoms with van der Waals surface area (Å²) < 4.78 is 10.2. The molecule has 1 aromatic carbocycles. The molecule has 7 heteroatoms. The van der Waals surface area contributed by atoms with Crippen molar-refractivity contribution in [3.05, 3.63) is 24.3 Å². The first-order valence-corrected chi connectivity index (χ1v) is 6.61. The number of nitrogens with one attached hydrogen (secondary N) is 2. The normalized spacial score (nSPS) is 11.5. The van der Waals surface area contributed by atoms with Gasteiger partial charge in [-0.15, -0.1) is 0 Å². The van der Waals surface area contributed by atoms with Crippen molar-refractivity contribution >= 4 is 17.7 Å². The molecule has 21 heavy (non-hydrogen) atoms. The Bertz CT molecular complexity index is 461. The van der Waals surface area contributed by atoms with Crippen molar-refractivity contribution in [2.45, 2.75) is 19.9 Å². The van der Waals surface area contributed by atoms with E-state index in [0.29, 0.717) is 24.7 Å². The molecule has 0 fully saturated rings. The van der Waals surface area contributed by atoms with Crippen LogP contribution in [0.15, 0.2) is 24.3 Å². The van der Waals surface area contributed by atoms with Gasteiger partial charge in [0, 0.05) is 12.3 Å². The lowest BCUT2D eigenvalue weighted by atomic mass is 10.3. The lowest BCUT2D eigenvalue weighted by molar-refractivity contribution is -0.139. The third kappa shape index (κ3) is 7.17. The monoisotopic (exact) mass is 296 g/mol. The number of aliphatic carboxylic acids is 1. The molecule has 0 aromatic heterocycles. The Morgan fingerprint density at radius 2 is 1.95 bits per heavy atom. The van der Waals surface area contributed by atoms with Crippen LogP contribution in [0.5, 0.6) is 5.75 Å². The first-order chi connectivity index (χ1) is 10.0. The summed E-state index contributed by atoms with van der Waals surface area (Å²) >= 11 is 0. The molecule has 0 radical (unpaired) electrons. The van der Waals surface area contributed by atoms with E-state index in [9.17, 15) is 9.59 Å². The van der Waals surface area contributed by atoms with Crippen molar-refractivity contribution in [2.75, 3.05) is 25.1 Å². The summed E-state index contributed by atoms with van der Waals surface area (Å²) in [6, 6.07) is 6.00. The molecule has 1 rings (SSSR count). The van der Waals surface area contributed by atoms with Crippen LogP contribution in [0, 0.1) is 0 Å². The predicted molar refractivity (Wildman–Crippen MR) is 77.7 cm³/mol. The first kappa shape index (κ1) is 16.8. The number of carboxylic acid groups (broad SMARTS) is 1. The number of rotatable bonds is 8. The van der Waals surface area contributed by atoms with Gasteiger partial charge in [-0.05, 0) is 38.1 Å². The Morgan fingerprint density at radius 3 is 2.52 bits per heavy atom. The van der Waals surface area contributed by atoms with Crippen molar-refractivity contribution in [1.29, 1.82) is 0 Å². The smallest absolute Gasteiger partial charge is 0.341 e. The number of carbonyl (C=O) groups excluding carboxylic acids is 1. The summed E-state index contributed by atoms with van der Waals surface area (Å²) in [5.74, 6) is -0.618. The van der Waals surface area contributed by atoms with E-state index in [-0.39, 0.29) is 12.1 Å². The standard InChI is InChI=1S/C14H20N2O5/c1-3-20-8-10(2)15-14(19)16-11-4-6-12(7-5-11)21-9-13(17)18/h4-7,10H,3,8-9H2,1-2H3,(H,17,18)(H2,15,16,19). The van der Waals surface area contributed by atoms with Gasteiger partial charge in [0.2, 0.25) is 0 Å². The van der Waals surface area contributed by atoms with Crippen LogP contribution in [0.3, 0.4) is 0 Å². The number of ether oxygens (including phenoxy) is 2. The molecule has 116 valence electrons. The fourth-order valence-electron chi connectivity index (χ4n) is 1.51. The van der Waals surface area contributed by atoms with Crippen LogP contribution in [-0.4, -0.2) is 43.0 Å². The molecule has 0 spiro atoms. The Balaban J connectivity index is 2.40. The molecule has 1 aromatic rings. The maximum absolute atomic E-state index is 11.7. The second-order valence-electron chi connectivity index (χ2n) is 4.37. The van der Waals surface area contributed by atoms with Gasteiger partial charge in [0.05, 0.1) is 12.6 Å². The van der Waals surface area contributed by atoms with Gasteiger partial charge < -0.3 is 25.2 Å². The number of hydrogen-bond acceptors (Lipinski definition) is 4. The fraction of sp³-hybridized carbons (Fsp3) is 0.429. The quantitative estimate of drug-likeness (QED) is 0.678. The van der Waals surface area contributed by atoms with Crippen LogP contribution in [0.4, 0.5) is 10.5 Å². The minimum absolute atomic E-state index is 0.0943. The molecule has 3 N–H and O–H groups in total. The second kappa shape index (κ2) is 8.80. The SMILES string of the molecule is CCOCC(C)NC(=O)Nc1ccc(OCC(=O)O)cc1. The van der Waals surface area contributed by atoms with E-state index in [0.717, 1.165) is 0 Å². The molecule has 0 heterocycles. The Morgan fingerprint density at radius 1 is 1.29 bits per heavy atom. The van der Waals surface area contributed by atoms with Crippen LogP contribution in [0.1, 0.15) is 13.8 Å². The number of urea groups is 1. The Hall–Kier alpha value is -2.28. The molecule has 0 bridgehead atoms. The second-order valence-corrected chi connectivity index (χ2v) is 4.37. The third-order valence-electron chi connectivity index (χ3n) is 2.42. The number of anilines is 1. The zero-order valence-electron chi connectivity index (χ0n) is 12.1. The molecule has 7 nitrogen and oxygen atoms in total. The minimum atomic E-state index is -1.04. The zero-order valence-corrected chi connectivity index (χ0v) is 12.1. The van der Waals surface area contributed by atoms with Crippen molar-refractivity contribution in [1.82, 2.24) is 5.32 Å². The van der Waals surface area contributed by atoms with E-state index in [2.05, 4.69) is 10.6 Å². The molecular formula is C14H20N2O5. The lowest BCUT2D eigenvalue weighted by Gasteiger charge is -2.14. The number of amides is 2. The molecule has 2 amide bonds. The zero-order chi connectivity index (χ0) is 15.7. The molecule has 0 saturated heterocycles. The fourth-order valence-corrected chi connectivity index (χ4v) is 1.51. The van der Waals surface area contributed by atoms with Crippen LogP contribution < -0.4 is 15.4 Å². The van der Waals surface area contributed by atoms with E-state index >= 15 is 0 Å². The van der Waals surface area contributed by atoms with E-state index < -0.39 is 12.6 Å². The third-order valence-corrected chi connectivity index (χ3v) is 2.42. The topological polar surface area (TPSA) is 96.9 Å². The summed E-state index contributed by atoms with van der Waals surface area (Å²) in [6.45, 7) is 4.39. The Kier molecular flexibility index (Phi) is 7.03. The number of carbonyl (C=O) groups is 2. The number of hydrogen-bond donors (Lipinski definition) is 3. The van der Waals surface area contributed by atoms with Gasteiger partial charge in [-0.2, -0.15) is 0 Å². The van der Waals surface area contributed by atoms with E-state index in [1.165, 1.54) is 0 Å². The van der Waals surface area contributed by atoms with E-state index in [4.69, 9.17) is 14.6 Å². The van der Waals surface area contributed by atoms with Crippen LogP contribution >= 0.6 is 0 Å².